The fourth-order valence-electron chi connectivity index (χ4n) is 4.31. The largest absolute Gasteiger partial charge is 0.480 e. The van der Waals surface area contributed by atoms with Crippen molar-refractivity contribution < 1.29 is 19.4 Å². The van der Waals surface area contributed by atoms with E-state index in [0.29, 0.717) is 18.8 Å². The van der Waals surface area contributed by atoms with Crippen molar-refractivity contribution in [3.05, 3.63) is 59.1 Å². The lowest BCUT2D eigenvalue weighted by Gasteiger charge is -2.33. The van der Waals surface area contributed by atoms with Crippen molar-refractivity contribution in [3.8, 4) is 11.1 Å². The Balaban J connectivity index is 1.50. The highest BCUT2D eigenvalue weighted by molar-refractivity contribution is 6.30. The van der Waals surface area contributed by atoms with Gasteiger partial charge in [-0.1, -0.05) is 48.0 Å². The van der Waals surface area contributed by atoms with Crippen LogP contribution in [0.1, 0.15) is 31.2 Å². The van der Waals surface area contributed by atoms with Crippen LogP contribution in [0.5, 0.6) is 0 Å². The number of carbonyl (C=O) groups excluding carboxylic acids is 1. The maximum absolute atomic E-state index is 12.0. The topological polar surface area (TPSA) is 92.9 Å². The standard InChI is InChI=1S/C25H31ClN2O4/c26-21-11-9-19(10-12-21)22-7-2-1-6-20(22)15-18-5-3-13-28(16-18)14-4-8-23(29)25(27)32-17-24(30)31/h1-2,6-7,9-12,18,25H,3-5,8,13-17,27H2,(H,30,31). The molecule has 0 radical (unpaired) electrons. The monoisotopic (exact) mass is 458 g/mol. The molecule has 0 aromatic heterocycles. The molecule has 2 aromatic carbocycles. The van der Waals surface area contributed by atoms with Gasteiger partial charge in [0.2, 0.25) is 0 Å². The van der Waals surface area contributed by atoms with Crippen molar-refractivity contribution in [3.63, 3.8) is 0 Å². The van der Waals surface area contributed by atoms with Gasteiger partial charge >= 0.3 is 5.97 Å². The molecule has 172 valence electrons. The number of nitrogens with two attached hydrogens (primary N) is 1. The zero-order valence-corrected chi connectivity index (χ0v) is 19.0. The molecule has 1 aliphatic heterocycles. The lowest BCUT2D eigenvalue weighted by Crippen LogP contribution is -2.38. The van der Waals surface area contributed by atoms with Gasteiger partial charge in [-0.3, -0.25) is 10.5 Å². The number of benzene rings is 2. The second-order valence-electron chi connectivity index (χ2n) is 8.37. The highest BCUT2D eigenvalue weighted by atomic mass is 35.5. The SMILES string of the molecule is NC(OCC(=O)O)C(=O)CCCN1CCCC(Cc2ccccc2-c2ccc(Cl)cc2)C1. The number of carboxylic acid groups (broad SMARTS) is 1. The number of carbonyl (C=O) groups is 2. The summed E-state index contributed by atoms with van der Waals surface area (Å²) in [5.41, 5.74) is 9.38. The summed E-state index contributed by atoms with van der Waals surface area (Å²) in [5, 5.41) is 9.35. The minimum atomic E-state index is -1.16. The number of hydrogen-bond acceptors (Lipinski definition) is 5. The second-order valence-corrected chi connectivity index (χ2v) is 8.81. The number of ether oxygens (including phenoxy) is 1. The molecule has 1 saturated heterocycles. The fourth-order valence-corrected chi connectivity index (χ4v) is 4.44. The van der Waals surface area contributed by atoms with E-state index >= 15 is 0 Å². The van der Waals surface area contributed by atoms with Crippen molar-refractivity contribution in [1.82, 2.24) is 4.90 Å². The molecule has 32 heavy (non-hydrogen) atoms. The average Bonchev–Trinajstić information content (AvgIpc) is 2.78. The van der Waals surface area contributed by atoms with Crippen molar-refractivity contribution in [2.24, 2.45) is 11.7 Å². The lowest BCUT2D eigenvalue weighted by atomic mass is 9.87. The number of aliphatic carboxylic acids is 1. The Kier molecular flexibility index (Phi) is 9.23. The van der Waals surface area contributed by atoms with Crippen molar-refractivity contribution >= 4 is 23.4 Å². The fraction of sp³-hybridized carbons (Fsp3) is 0.440. The number of rotatable bonds is 11. The maximum Gasteiger partial charge on any atom is 0.329 e. The molecule has 3 N–H and O–H groups in total. The summed E-state index contributed by atoms with van der Waals surface area (Å²) >= 11 is 6.05. The van der Waals surface area contributed by atoms with Crippen LogP contribution in [0.4, 0.5) is 0 Å². The predicted molar refractivity (Wildman–Crippen MR) is 126 cm³/mol. The van der Waals surface area contributed by atoms with Gasteiger partial charge < -0.3 is 14.7 Å². The molecule has 1 aliphatic rings. The van der Waals surface area contributed by atoms with E-state index in [1.165, 1.54) is 23.1 Å². The molecule has 0 aliphatic carbocycles. The Hall–Kier alpha value is -2.25. The number of ketones is 1. The van der Waals surface area contributed by atoms with Crippen LogP contribution in [-0.4, -0.2) is 54.2 Å². The summed E-state index contributed by atoms with van der Waals surface area (Å²) in [5.74, 6) is -0.823. The smallest absolute Gasteiger partial charge is 0.329 e. The summed E-state index contributed by atoms with van der Waals surface area (Å²) in [4.78, 5) is 25.0. The number of carboxylic acids is 1. The first kappa shape index (κ1) is 24.4. The number of likely N-dealkylation sites (tertiary alicyclic amines) is 1. The minimum Gasteiger partial charge on any atom is -0.480 e. The Morgan fingerprint density at radius 1 is 1.19 bits per heavy atom. The van der Waals surface area contributed by atoms with Crippen LogP contribution >= 0.6 is 11.6 Å². The Morgan fingerprint density at radius 3 is 2.69 bits per heavy atom. The van der Waals surface area contributed by atoms with Crippen molar-refractivity contribution in [2.45, 2.75) is 38.3 Å². The van der Waals surface area contributed by atoms with Gasteiger partial charge in [0.1, 0.15) is 6.61 Å². The van der Waals surface area contributed by atoms with E-state index in [-0.39, 0.29) is 5.78 Å². The zero-order chi connectivity index (χ0) is 22.9. The molecule has 1 heterocycles. The van der Waals surface area contributed by atoms with Gasteiger partial charge in [-0.2, -0.15) is 0 Å². The molecule has 0 spiro atoms. The van der Waals surface area contributed by atoms with E-state index in [4.69, 9.17) is 27.2 Å². The number of nitrogens with zero attached hydrogens (tertiary/aromatic N) is 1. The van der Waals surface area contributed by atoms with Gasteiger partial charge in [-0.15, -0.1) is 0 Å². The normalized spacial score (nSPS) is 17.8. The molecule has 2 atom stereocenters. The zero-order valence-electron chi connectivity index (χ0n) is 18.2. The van der Waals surface area contributed by atoms with E-state index in [1.807, 2.05) is 12.1 Å². The maximum atomic E-state index is 12.0. The Labute approximate surface area is 194 Å². The number of hydrogen-bond donors (Lipinski definition) is 2. The van der Waals surface area contributed by atoms with Crippen LogP contribution in [0.15, 0.2) is 48.5 Å². The van der Waals surface area contributed by atoms with E-state index in [0.717, 1.165) is 37.5 Å². The molecular weight excluding hydrogens is 428 g/mol. The molecule has 2 aromatic rings. The first-order chi connectivity index (χ1) is 15.4. The van der Waals surface area contributed by atoms with E-state index in [9.17, 15) is 9.59 Å². The summed E-state index contributed by atoms with van der Waals surface area (Å²) in [7, 11) is 0. The van der Waals surface area contributed by atoms with Crippen molar-refractivity contribution in [1.29, 1.82) is 0 Å². The highest BCUT2D eigenvalue weighted by Gasteiger charge is 2.22. The first-order valence-electron chi connectivity index (χ1n) is 11.1. The van der Waals surface area contributed by atoms with Crippen LogP contribution in [-0.2, 0) is 20.7 Å². The second kappa shape index (κ2) is 12.1. The third-order valence-electron chi connectivity index (χ3n) is 5.89. The number of halogens is 1. The average molecular weight is 459 g/mol. The van der Waals surface area contributed by atoms with Gasteiger partial charge in [0.05, 0.1) is 0 Å². The molecular formula is C25H31ClN2O4. The van der Waals surface area contributed by atoms with Gasteiger partial charge in [0.25, 0.3) is 0 Å². The minimum absolute atomic E-state index is 0.253. The summed E-state index contributed by atoms with van der Waals surface area (Å²) in [6.45, 7) is 2.31. The molecule has 0 amide bonds. The van der Waals surface area contributed by atoms with Crippen LogP contribution in [0, 0.1) is 5.92 Å². The summed E-state index contributed by atoms with van der Waals surface area (Å²) < 4.78 is 4.85. The first-order valence-corrected chi connectivity index (χ1v) is 11.5. The molecule has 2 unspecified atom stereocenters. The third-order valence-corrected chi connectivity index (χ3v) is 6.14. The molecule has 1 fully saturated rings. The van der Waals surface area contributed by atoms with Crippen LogP contribution in [0.2, 0.25) is 5.02 Å². The van der Waals surface area contributed by atoms with E-state index in [2.05, 4.69) is 41.3 Å². The highest BCUT2D eigenvalue weighted by Crippen LogP contribution is 2.29. The lowest BCUT2D eigenvalue weighted by molar-refractivity contribution is -0.147. The van der Waals surface area contributed by atoms with Crippen molar-refractivity contribution in [2.75, 3.05) is 26.2 Å². The van der Waals surface area contributed by atoms with Crippen LogP contribution in [0.3, 0.4) is 0 Å². The Morgan fingerprint density at radius 2 is 1.94 bits per heavy atom. The predicted octanol–water partition coefficient (Wildman–Crippen LogP) is 4.00. The van der Waals surface area contributed by atoms with Gasteiger partial charge in [-0.25, -0.2) is 4.79 Å². The number of piperidine rings is 1. The summed E-state index contributed by atoms with van der Waals surface area (Å²) in [6.07, 6.45) is 3.17. The van der Waals surface area contributed by atoms with E-state index < -0.39 is 18.8 Å². The summed E-state index contributed by atoms with van der Waals surface area (Å²) in [6, 6.07) is 16.5. The molecule has 0 saturated carbocycles. The Bertz CT molecular complexity index is 903. The van der Waals surface area contributed by atoms with Crippen LogP contribution in [0.25, 0.3) is 11.1 Å². The van der Waals surface area contributed by atoms with Crippen LogP contribution < -0.4 is 5.73 Å². The number of Topliss-reactive ketones (excluding diaryl/α,β-unsaturated/α-hetero) is 1. The third kappa shape index (κ3) is 7.41. The quantitative estimate of drug-likeness (QED) is 0.494. The van der Waals surface area contributed by atoms with E-state index in [1.54, 1.807) is 0 Å². The van der Waals surface area contributed by atoms with Gasteiger partial charge in [0.15, 0.2) is 12.0 Å². The van der Waals surface area contributed by atoms with Gasteiger partial charge in [-0.05, 0) is 73.5 Å². The molecule has 6 nitrogen and oxygen atoms in total. The molecule has 0 bridgehead atoms. The molecule has 3 rings (SSSR count). The molecule has 7 heteroatoms. The van der Waals surface area contributed by atoms with Gasteiger partial charge in [0, 0.05) is 18.0 Å².